The van der Waals surface area contributed by atoms with E-state index in [0.29, 0.717) is 6.61 Å². The maximum Gasteiger partial charge on any atom is 0.227 e. The van der Waals surface area contributed by atoms with Crippen LogP contribution in [0.5, 0.6) is 5.75 Å². The van der Waals surface area contributed by atoms with E-state index in [9.17, 15) is 4.79 Å². The summed E-state index contributed by atoms with van der Waals surface area (Å²) in [5.41, 5.74) is 3.52. The molecule has 0 radical (unpaired) electrons. The Morgan fingerprint density at radius 3 is 2.79 bits per heavy atom. The molecule has 0 unspecified atom stereocenters. The van der Waals surface area contributed by atoms with E-state index >= 15 is 0 Å². The largest absolute Gasteiger partial charge is 0.490 e. The molecule has 2 aromatic heterocycles. The molecule has 1 amide bonds. The third-order valence-corrected chi connectivity index (χ3v) is 4.14. The minimum Gasteiger partial charge on any atom is -0.490 e. The molecule has 5 nitrogen and oxygen atoms in total. The van der Waals surface area contributed by atoms with E-state index < -0.39 is 0 Å². The van der Waals surface area contributed by atoms with Gasteiger partial charge in [0.15, 0.2) is 11.4 Å². The molecule has 0 bridgehead atoms. The molecule has 3 aromatic rings. The number of nitrogens with one attached hydrogen (secondary N) is 1. The third-order valence-electron chi connectivity index (χ3n) is 4.14. The summed E-state index contributed by atoms with van der Waals surface area (Å²) in [5.74, 6) is 1.11. The zero-order chi connectivity index (χ0) is 16.5. The van der Waals surface area contributed by atoms with Crippen molar-refractivity contribution in [3.63, 3.8) is 0 Å². The summed E-state index contributed by atoms with van der Waals surface area (Å²) >= 11 is 0. The maximum absolute atomic E-state index is 11.8. The van der Waals surface area contributed by atoms with Crippen LogP contribution in [-0.4, -0.2) is 21.9 Å². The first kappa shape index (κ1) is 14.8. The number of pyridine rings is 1. The molecule has 5 heteroatoms. The SMILES string of the molecule is CCOc1cccn2cc(-c3ccc(NC(=O)C4CC4)cc3)nc12. The van der Waals surface area contributed by atoms with Gasteiger partial charge in [0.05, 0.1) is 12.3 Å². The van der Waals surface area contributed by atoms with Gasteiger partial charge in [0.25, 0.3) is 0 Å². The number of anilines is 1. The van der Waals surface area contributed by atoms with Gasteiger partial charge in [-0.3, -0.25) is 4.79 Å². The molecule has 1 saturated carbocycles. The van der Waals surface area contributed by atoms with Crippen molar-refractivity contribution in [2.24, 2.45) is 5.92 Å². The van der Waals surface area contributed by atoms with Gasteiger partial charge >= 0.3 is 0 Å². The Bertz CT molecular complexity index is 879. The van der Waals surface area contributed by atoms with Crippen LogP contribution < -0.4 is 10.1 Å². The molecule has 1 aliphatic carbocycles. The number of imidazole rings is 1. The Morgan fingerprint density at radius 1 is 1.29 bits per heavy atom. The van der Waals surface area contributed by atoms with Crippen LogP contribution >= 0.6 is 0 Å². The van der Waals surface area contributed by atoms with Crippen molar-refractivity contribution in [2.75, 3.05) is 11.9 Å². The first-order valence-corrected chi connectivity index (χ1v) is 8.26. The summed E-state index contributed by atoms with van der Waals surface area (Å²) in [6.45, 7) is 2.57. The Labute approximate surface area is 140 Å². The van der Waals surface area contributed by atoms with Crippen LogP contribution in [0.3, 0.4) is 0 Å². The molecular weight excluding hydrogens is 302 g/mol. The number of amides is 1. The van der Waals surface area contributed by atoms with Crippen LogP contribution in [0.1, 0.15) is 19.8 Å². The number of ether oxygens (including phenoxy) is 1. The zero-order valence-electron chi connectivity index (χ0n) is 13.5. The molecule has 1 aliphatic rings. The highest BCUT2D eigenvalue weighted by atomic mass is 16.5. The van der Waals surface area contributed by atoms with Gasteiger partial charge in [-0.1, -0.05) is 12.1 Å². The molecule has 4 rings (SSSR count). The second-order valence-electron chi connectivity index (χ2n) is 6.00. The van der Waals surface area contributed by atoms with Gasteiger partial charge in [-0.25, -0.2) is 4.98 Å². The Hall–Kier alpha value is -2.82. The minimum absolute atomic E-state index is 0.122. The fourth-order valence-electron chi connectivity index (χ4n) is 2.71. The topological polar surface area (TPSA) is 55.6 Å². The highest BCUT2D eigenvalue weighted by Gasteiger charge is 2.29. The lowest BCUT2D eigenvalue weighted by atomic mass is 10.1. The summed E-state index contributed by atoms with van der Waals surface area (Å²) in [5, 5.41) is 2.95. The molecule has 1 fully saturated rings. The van der Waals surface area contributed by atoms with E-state index in [-0.39, 0.29) is 11.8 Å². The molecule has 122 valence electrons. The number of aromatic nitrogens is 2. The molecule has 0 atom stereocenters. The summed E-state index contributed by atoms with van der Waals surface area (Å²) in [4.78, 5) is 16.5. The quantitative estimate of drug-likeness (QED) is 0.778. The monoisotopic (exact) mass is 321 g/mol. The van der Waals surface area contributed by atoms with Gasteiger partial charge in [-0.2, -0.15) is 0 Å². The number of carbonyl (C=O) groups is 1. The number of rotatable bonds is 5. The molecule has 0 saturated heterocycles. The Kier molecular flexibility index (Phi) is 3.69. The highest BCUT2D eigenvalue weighted by molar-refractivity contribution is 5.94. The van der Waals surface area contributed by atoms with Crippen LogP contribution in [-0.2, 0) is 4.79 Å². The number of hydrogen-bond acceptors (Lipinski definition) is 3. The number of hydrogen-bond donors (Lipinski definition) is 1. The highest BCUT2D eigenvalue weighted by Crippen LogP contribution is 2.30. The van der Waals surface area contributed by atoms with Gasteiger partial charge in [0.2, 0.25) is 5.91 Å². The van der Waals surface area contributed by atoms with Gasteiger partial charge in [0.1, 0.15) is 0 Å². The van der Waals surface area contributed by atoms with Gasteiger partial charge in [-0.05, 0) is 44.0 Å². The average Bonchev–Trinajstić information content (AvgIpc) is 3.35. The van der Waals surface area contributed by atoms with E-state index in [4.69, 9.17) is 4.74 Å². The summed E-state index contributed by atoms with van der Waals surface area (Å²) < 4.78 is 7.59. The zero-order valence-corrected chi connectivity index (χ0v) is 13.5. The van der Waals surface area contributed by atoms with Crippen LogP contribution in [0.15, 0.2) is 48.8 Å². The van der Waals surface area contributed by atoms with Crippen molar-refractivity contribution >= 4 is 17.2 Å². The van der Waals surface area contributed by atoms with Crippen molar-refractivity contribution in [3.05, 3.63) is 48.8 Å². The van der Waals surface area contributed by atoms with E-state index in [1.54, 1.807) is 0 Å². The standard InChI is InChI=1S/C19H19N3O2/c1-2-24-17-4-3-11-22-12-16(21-18(17)22)13-7-9-15(10-8-13)20-19(23)14-5-6-14/h3-4,7-12,14H,2,5-6H2,1H3,(H,20,23). The van der Waals surface area contributed by atoms with E-state index in [0.717, 1.165) is 41.2 Å². The summed E-state index contributed by atoms with van der Waals surface area (Å²) in [6.07, 6.45) is 5.95. The van der Waals surface area contributed by atoms with Crippen LogP contribution in [0, 0.1) is 5.92 Å². The Morgan fingerprint density at radius 2 is 2.08 bits per heavy atom. The molecule has 1 N–H and O–H groups in total. The molecule has 1 aromatic carbocycles. The normalized spacial score (nSPS) is 13.9. The minimum atomic E-state index is 0.122. The number of carbonyl (C=O) groups excluding carboxylic acids is 1. The van der Waals surface area contributed by atoms with Crippen molar-refractivity contribution in [1.82, 2.24) is 9.38 Å². The molecule has 24 heavy (non-hydrogen) atoms. The van der Waals surface area contributed by atoms with Gasteiger partial charge < -0.3 is 14.5 Å². The van der Waals surface area contributed by atoms with Crippen LogP contribution in [0.25, 0.3) is 16.9 Å². The van der Waals surface area contributed by atoms with Crippen molar-refractivity contribution < 1.29 is 9.53 Å². The lowest BCUT2D eigenvalue weighted by Gasteiger charge is -2.04. The number of fused-ring (bicyclic) bond motifs is 1. The van der Waals surface area contributed by atoms with Crippen molar-refractivity contribution in [1.29, 1.82) is 0 Å². The molecule has 0 aliphatic heterocycles. The average molecular weight is 321 g/mol. The first-order valence-electron chi connectivity index (χ1n) is 8.26. The third kappa shape index (κ3) is 2.85. The second kappa shape index (κ2) is 6.00. The van der Waals surface area contributed by atoms with Gasteiger partial charge in [-0.15, -0.1) is 0 Å². The lowest BCUT2D eigenvalue weighted by molar-refractivity contribution is -0.117. The predicted octanol–water partition coefficient (Wildman–Crippen LogP) is 3.75. The lowest BCUT2D eigenvalue weighted by Crippen LogP contribution is -2.12. The van der Waals surface area contributed by atoms with Crippen molar-refractivity contribution in [2.45, 2.75) is 19.8 Å². The van der Waals surface area contributed by atoms with E-state index in [1.807, 2.05) is 60.1 Å². The smallest absolute Gasteiger partial charge is 0.227 e. The number of benzene rings is 1. The molecule has 2 heterocycles. The van der Waals surface area contributed by atoms with Crippen molar-refractivity contribution in [3.8, 4) is 17.0 Å². The van der Waals surface area contributed by atoms with Crippen LogP contribution in [0.2, 0.25) is 0 Å². The fourth-order valence-corrected chi connectivity index (χ4v) is 2.71. The summed E-state index contributed by atoms with van der Waals surface area (Å²) in [6, 6.07) is 11.7. The molecule has 0 spiro atoms. The predicted molar refractivity (Wildman–Crippen MR) is 93.2 cm³/mol. The second-order valence-corrected chi connectivity index (χ2v) is 6.00. The maximum atomic E-state index is 11.8. The van der Waals surface area contributed by atoms with E-state index in [2.05, 4.69) is 10.3 Å². The molecular formula is C19H19N3O2. The van der Waals surface area contributed by atoms with Crippen LogP contribution in [0.4, 0.5) is 5.69 Å². The number of nitrogens with zero attached hydrogens (tertiary/aromatic N) is 2. The first-order chi connectivity index (χ1) is 11.7. The van der Waals surface area contributed by atoms with Gasteiger partial charge in [0, 0.05) is 29.6 Å². The fraction of sp³-hybridized carbons (Fsp3) is 0.263. The van der Waals surface area contributed by atoms with E-state index in [1.165, 1.54) is 0 Å². The summed E-state index contributed by atoms with van der Waals surface area (Å²) in [7, 11) is 0. The Balaban J connectivity index is 1.60.